The molecule has 1 aromatic carbocycles. The zero-order chi connectivity index (χ0) is 18.9. The van der Waals surface area contributed by atoms with Gasteiger partial charge >= 0.3 is 5.69 Å². The van der Waals surface area contributed by atoms with E-state index in [9.17, 15) is 18.4 Å². The topological polar surface area (TPSA) is 68.4 Å². The van der Waals surface area contributed by atoms with Crippen LogP contribution < -0.4 is 11.0 Å². The summed E-state index contributed by atoms with van der Waals surface area (Å²) in [7, 11) is 0. The minimum atomic E-state index is -2.91. The standard InChI is InChI=1S/C18H18F2N4O2/c1-12(13-6-8-14(9-7-13)18(2,19)20)21-16(25)11-24-17(26)23-10-4-3-5-15(23)22-24/h3-10,12H,11H2,1-2H3,(H,21,25)/t12-/m0/s1. The quantitative estimate of drug-likeness (QED) is 0.760. The molecule has 6 nitrogen and oxygen atoms in total. The van der Waals surface area contributed by atoms with Gasteiger partial charge in [0.25, 0.3) is 5.92 Å². The van der Waals surface area contributed by atoms with E-state index in [1.165, 1.54) is 16.5 Å². The monoisotopic (exact) mass is 360 g/mol. The van der Waals surface area contributed by atoms with Crippen molar-refractivity contribution in [1.82, 2.24) is 19.5 Å². The third kappa shape index (κ3) is 3.63. The summed E-state index contributed by atoms with van der Waals surface area (Å²) in [6.45, 7) is 2.35. The van der Waals surface area contributed by atoms with Crippen LogP contribution in [0.25, 0.3) is 5.65 Å². The minimum absolute atomic E-state index is 0.0870. The zero-order valence-electron chi connectivity index (χ0n) is 14.3. The molecular weight excluding hydrogens is 342 g/mol. The first-order valence-corrected chi connectivity index (χ1v) is 8.07. The lowest BCUT2D eigenvalue weighted by Crippen LogP contribution is -2.34. The molecule has 3 aromatic rings. The Morgan fingerprint density at radius 3 is 2.54 bits per heavy atom. The van der Waals surface area contributed by atoms with Gasteiger partial charge in [-0.1, -0.05) is 30.3 Å². The largest absolute Gasteiger partial charge is 0.350 e. The number of hydrogen-bond acceptors (Lipinski definition) is 3. The van der Waals surface area contributed by atoms with Gasteiger partial charge in [0.15, 0.2) is 5.65 Å². The first kappa shape index (κ1) is 17.8. The predicted molar refractivity (Wildman–Crippen MR) is 92.0 cm³/mol. The molecule has 1 atom stereocenters. The van der Waals surface area contributed by atoms with Crippen molar-refractivity contribution in [3.63, 3.8) is 0 Å². The summed E-state index contributed by atoms with van der Waals surface area (Å²) in [6.07, 6.45) is 1.58. The van der Waals surface area contributed by atoms with Crippen molar-refractivity contribution < 1.29 is 13.6 Å². The highest BCUT2D eigenvalue weighted by atomic mass is 19.3. The molecule has 136 valence electrons. The van der Waals surface area contributed by atoms with Crippen molar-refractivity contribution in [2.75, 3.05) is 0 Å². The van der Waals surface area contributed by atoms with Crippen LogP contribution in [0.5, 0.6) is 0 Å². The van der Waals surface area contributed by atoms with E-state index >= 15 is 0 Å². The number of aromatic nitrogens is 3. The van der Waals surface area contributed by atoms with Crippen molar-refractivity contribution in [1.29, 1.82) is 0 Å². The maximum absolute atomic E-state index is 13.3. The van der Waals surface area contributed by atoms with Crippen LogP contribution in [-0.2, 0) is 17.3 Å². The summed E-state index contributed by atoms with van der Waals surface area (Å²) >= 11 is 0. The predicted octanol–water partition coefficient (Wildman–Crippen LogP) is 2.49. The normalized spacial score (nSPS) is 12.9. The van der Waals surface area contributed by atoms with Gasteiger partial charge in [-0.25, -0.2) is 18.3 Å². The second-order valence-corrected chi connectivity index (χ2v) is 6.17. The summed E-state index contributed by atoms with van der Waals surface area (Å²) < 4.78 is 28.9. The van der Waals surface area contributed by atoms with Crippen LogP contribution >= 0.6 is 0 Å². The van der Waals surface area contributed by atoms with E-state index in [-0.39, 0.29) is 12.1 Å². The summed E-state index contributed by atoms with van der Waals surface area (Å²) in [6, 6.07) is 10.5. The molecule has 3 rings (SSSR count). The fraction of sp³-hybridized carbons (Fsp3) is 0.278. The second-order valence-electron chi connectivity index (χ2n) is 6.17. The summed E-state index contributed by atoms with van der Waals surface area (Å²) in [5.74, 6) is -3.30. The molecule has 0 spiro atoms. The second kappa shape index (κ2) is 6.70. The molecule has 1 amide bonds. The van der Waals surface area contributed by atoms with E-state index in [0.29, 0.717) is 11.2 Å². The Kier molecular flexibility index (Phi) is 4.58. The average Bonchev–Trinajstić information content (AvgIpc) is 2.90. The highest BCUT2D eigenvalue weighted by Crippen LogP contribution is 2.27. The van der Waals surface area contributed by atoms with E-state index in [0.717, 1.165) is 11.6 Å². The molecule has 0 saturated carbocycles. The molecule has 0 unspecified atom stereocenters. The molecule has 0 bridgehead atoms. The number of nitrogens with zero attached hydrogens (tertiary/aromatic N) is 3. The highest BCUT2D eigenvalue weighted by Gasteiger charge is 2.24. The first-order valence-electron chi connectivity index (χ1n) is 8.07. The number of alkyl halides is 2. The molecular formula is C18H18F2N4O2. The van der Waals surface area contributed by atoms with E-state index in [4.69, 9.17) is 0 Å². The summed E-state index contributed by atoms with van der Waals surface area (Å²) in [5, 5.41) is 6.83. The Morgan fingerprint density at radius 1 is 1.23 bits per heavy atom. The maximum Gasteiger partial charge on any atom is 0.350 e. The molecule has 0 saturated heterocycles. The Hall–Kier alpha value is -3.03. The smallest absolute Gasteiger partial charge is 0.348 e. The Morgan fingerprint density at radius 2 is 1.92 bits per heavy atom. The maximum atomic E-state index is 13.3. The number of halogens is 2. The van der Waals surface area contributed by atoms with Crippen LogP contribution in [0.1, 0.15) is 31.0 Å². The van der Waals surface area contributed by atoms with Crippen molar-refractivity contribution in [2.24, 2.45) is 0 Å². The Bertz CT molecular complexity index is 987. The number of pyridine rings is 1. The molecule has 2 aromatic heterocycles. The third-order valence-electron chi connectivity index (χ3n) is 4.08. The van der Waals surface area contributed by atoms with Crippen molar-refractivity contribution in [3.8, 4) is 0 Å². The minimum Gasteiger partial charge on any atom is -0.348 e. The summed E-state index contributed by atoms with van der Waals surface area (Å²) in [5.41, 5.74) is 0.650. The number of rotatable bonds is 5. The molecule has 26 heavy (non-hydrogen) atoms. The van der Waals surface area contributed by atoms with E-state index in [1.807, 2.05) is 0 Å². The van der Waals surface area contributed by atoms with Crippen molar-refractivity contribution in [3.05, 3.63) is 70.3 Å². The van der Waals surface area contributed by atoms with Gasteiger partial charge in [0, 0.05) is 18.7 Å². The zero-order valence-corrected chi connectivity index (χ0v) is 14.3. The molecule has 0 radical (unpaired) electrons. The van der Waals surface area contributed by atoms with Crippen LogP contribution in [0.2, 0.25) is 0 Å². The van der Waals surface area contributed by atoms with Gasteiger partial charge < -0.3 is 5.32 Å². The Balaban J connectivity index is 1.69. The van der Waals surface area contributed by atoms with E-state index in [1.54, 1.807) is 43.5 Å². The number of fused-ring (bicyclic) bond motifs is 1. The van der Waals surface area contributed by atoms with E-state index in [2.05, 4.69) is 10.4 Å². The molecule has 2 heterocycles. The fourth-order valence-corrected chi connectivity index (χ4v) is 2.64. The van der Waals surface area contributed by atoms with Gasteiger partial charge in [0.1, 0.15) is 6.54 Å². The fourth-order valence-electron chi connectivity index (χ4n) is 2.64. The Labute approximate surface area is 148 Å². The average molecular weight is 360 g/mol. The number of carbonyl (C=O) groups is 1. The lowest BCUT2D eigenvalue weighted by molar-refractivity contribution is -0.122. The van der Waals surface area contributed by atoms with Gasteiger partial charge in [0.2, 0.25) is 5.91 Å². The van der Waals surface area contributed by atoms with Gasteiger partial charge in [-0.15, -0.1) is 5.10 Å². The van der Waals surface area contributed by atoms with E-state index < -0.39 is 23.6 Å². The lowest BCUT2D eigenvalue weighted by atomic mass is 10.0. The van der Waals surface area contributed by atoms with Crippen LogP contribution in [0, 0.1) is 0 Å². The number of carbonyl (C=O) groups excluding carboxylic acids is 1. The van der Waals surface area contributed by atoms with Gasteiger partial charge in [-0.05, 0) is 24.6 Å². The lowest BCUT2D eigenvalue weighted by Gasteiger charge is -2.16. The molecule has 0 aliphatic carbocycles. The van der Waals surface area contributed by atoms with Crippen LogP contribution in [0.15, 0.2) is 53.5 Å². The summed E-state index contributed by atoms with van der Waals surface area (Å²) in [4.78, 5) is 24.4. The number of benzene rings is 1. The van der Waals surface area contributed by atoms with Gasteiger partial charge in [-0.2, -0.15) is 0 Å². The molecule has 8 heteroatoms. The third-order valence-corrected chi connectivity index (χ3v) is 4.08. The molecule has 0 fully saturated rings. The van der Waals surface area contributed by atoms with Crippen molar-refractivity contribution >= 4 is 11.6 Å². The van der Waals surface area contributed by atoms with Gasteiger partial charge in [0.05, 0.1) is 6.04 Å². The molecule has 1 N–H and O–H groups in total. The highest BCUT2D eigenvalue weighted by molar-refractivity contribution is 5.76. The first-order chi connectivity index (χ1) is 12.3. The van der Waals surface area contributed by atoms with Gasteiger partial charge in [-0.3, -0.25) is 9.20 Å². The molecule has 0 aliphatic heterocycles. The van der Waals surface area contributed by atoms with Crippen LogP contribution in [0.4, 0.5) is 8.78 Å². The molecule has 0 aliphatic rings. The van der Waals surface area contributed by atoms with Crippen LogP contribution in [0.3, 0.4) is 0 Å². The number of nitrogens with one attached hydrogen (secondary N) is 1. The number of hydrogen-bond donors (Lipinski definition) is 1. The SMILES string of the molecule is C[C@H](NC(=O)Cn1nc2ccccn2c1=O)c1ccc(C(C)(F)F)cc1. The number of amides is 1. The van der Waals surface area contributed by atoms with Crippen LogP contribution in [-0.4, -0.2) is 20.1 Å². The van der Waals surface area contributed by atoms with Crippen molar-refractivity contribution in [2.45, 2.75) is 32.4 Å².